The number of aliphatic hydroxyl groups is 1. The zero-order chi connectivity index (χ0) is 23.9. The van der Waals surface area contributed by atoms with Crippen molar-refractivity contribution in [2.24, 2.45) is 7.05 Å². The molecule has 2 aliphatic rings. The number of carbonyl (C=O) groups excluding carboxylic acids is 2. The van der Waals surface area contributed by atoms with Crippen LogP contribution in [0.25, 0.3) is 10.9 Å². The molecule has 1 aromatic carbocycles. The predicted octanol–water partition coefficient (Wildman–Crippen LogP) is 2.33. The molecular weight excluding hydrogens is 422 g/mol. The average molecular weight is 458 g/mol. The van der Waals surface area contributed by atoms with E-state index in [9.17, 15) is 14.7 Å². The lowest BCUT2D eigenvalue weighted by molar-refractivity contribution is 0.0296. The molecule has 3 heterocycles. The summed E-state index contributed by atoms with van der Waals surface area (Å²) in [6.07, 6.45) is 0.876. The maximum atomic E-state index is 13.2. The monoisotopic (exact) mass is 457 g/mol. The number of hydrogen-bond acceptors (Lipinski definition) is 4. The summed E-state index contributed by atoms with van der Waals surface area (Å²) in [5.41, 5.74) is 2.62. The Morgan fingerprint density at radius 2 is 1.97 bits per heavy atom. The third-order valence-electron chi connectivity index (χ3n) is 6.79. The molecule has 0 unspecified atom stereocenters. The van der Waals surface area contributed by atoms with Crippen LogP contribution in [0.5, 0.6) is 5.75 Å². The molecule has 1 fully saturated rings. The molecule has 1 atom stereocenters. The van der Waals surface area contributed by atoms with E-state index in [1.807, 2.05) is 46.0 Å². The molecule has 0 aliphatic carbocycles. The number of methoxy groups -OCH3 is 1. The van der Waals surface area contributed by atoms with E-state index in [4.69, 9.17) is 4.74 Å². The Bertz CT molecular complexity index is 1060. The highest BCUT2D eigenvalue weighted by molar-refractivity contribution is 5.90. The molecule has 0 saturated carbocycles. The van der Waals surface area contributed by atoms with Crippen LogP contribution < -0.4 is 15.4 Å². The van der Waals surface area contributed by atoms with Gasteiger partial charge >= 0.3 is 12.1 Å². The van der Waals surface area contributed by atoms with Crippen molar-refractivity contribution in [2.75, 3.05) is 39.9 Å². The third kappa shape index (κ3) is 3.78. The van der Waals surface area contributed by atoms with E-state index in [1.54, 1.807) is 16.9 Å². The first-order valence-electron chi connectivity index (χ1n) is 11.6. The van der Waals surface area contributed by atoms with Gasteiger partial charge in [0.1, 0.15) is 5.75 Å². The molecule has 1 aromatic heterocycles. The minimum absolute atomic E-state index is 0.0244. The Labute approximate surface area is 194 Å². The Morgan fingerprint density at radius 3 is 2.58 bits per heavy atom. The summed E-state index contributed by atoms with van der Waals surface area (Å²) in [5, 5.41) is 17.4. The van der Waals surface area contributed by atoms with Crippen LogP contribution in [0.3, 0.4) is 0 Å². The lowest BCUT2D eigenvalue weighted by atomic mass is 9.69. The molecule has 2 aliphatic heterocycles. The van der Waals surface area contributed by atoms with Crippen molar-refractivity contribution < 1.29 is 19.4 Å². The van der Waals surface area contributed by atoms with Gasteiger partial charge in [0, 0.05) is 56.4 Å². The van der Waals surface area contributed by atoms with Gasteiger partial charge in [-0.25, -0.2) is 9.59 Å². The zero-order valence-corrected chi connectivity index (χ0v) is 20.1. The normalized spacial score (nSPS) is 18.9. The zero-order valence-electron chi connectivity index (χ0n) is 20.1. The molecule has 1 saturated heterocycles. The van der Waals surface area contributed by atoms with Gasteiger partial charge in [-0.15, -0.1) is 0 Å². The minimum Gasteiger partial charge on any atom is -0.497 e. The fourth-order valence-electron chi connectivity index (χ4n) is 5.33. The highest BCUT2D eigenvalue weighted by Crippen LogP contribution is 2.49. The molecule has 33 heavy (non-hydrogen) atoms. The summed E-state index contributed by atoms with van der Waals surface area (Å²) < 4.78 is 7.51. The van der Waals surface area contributed by atoms with E-state index in [2.05, 4.69) is 15.2 Å². The number of nitrogens with one attached hydrogen (secondary N) is 2. The maximum Gasteiger partial charge on any atom is 0.318 e. The van der Waals surface area contributed by atoms with Crippen LogP contribution in [-0.2, 0) is 12.5 Å². The standard InChI is InChI=1S/C24H35N5O4/c1-6-9-25-22(31)28-12-24(13-28)14-29(23(32)26-15(2)3)19(11-30)21-20(24)17-8-7-16(33-5)10-18(17)27(21)4/h7-8,10,15,19,30H,6,9,11-14H2,1-5H3,(H,25,31)(H,26,32)/t19-/m1/s1. The molecule has 3 N–H and O–H groups in total. The van der Waals surface area contributed by atoms with Gasteiger partial charge in [-0.1, -0.05) is 6.92 Å². The van der Waals surface area contributed by atoms with Gasteiger partial charge in [0.2, 0.25) is 0 Å². The first-order valence-corrected chi connectivity index (χ1v) is 11.6. The van der Waals surface area contributed by atoms with Crippen LogP contribution in [-0.4, -0.2) is 77.5 Å². The van der Waals surface area contributed by atoms with E-state index >= 15 is 0 Å². The van der Waals surface area contributed by atoms with Gasteiger partial charge < -0.3 is 34.8 Å². The van der Waals surface area contributed by atoms with Crippen molar-refractivity contribution in [3.63, 3.8) is 0 Å². The van der Waals surface area contributed by atoms with E-state index in [0.29, 0.717) is 26.2 Å². The number of amides is 4. The molecule has 1 spiro atoms. The van der Waals surface area contributed by atoms with E-state index < -0.39 is 11.5 Å². The fraction of sp³-hybridized carbons (Fsp3) is 0.583. The summed E-state index contributed by atoms with van der Waals surface area (Å²) in [7, 11) is 3.60. The van der Waals surface area contributed by atoms with Crippen LogP contribution in [0.2, 0.25) is 0 Å². The quantitative estimate of drug-likeness (QED) is 0.642. The number of fused-ring (bicyclic) bond motifs is 4. The molecule has 9 heteroatoms. The number of likely N-dealkylation sites (tertiary alicyclic amines) is 1. The number of urea groups is 2. The number of aryl methyl sites for hydroxylation is 1. The maximum absolute atomic E-state index is 13.2. The lowest BCUT2D eigenvalue weighted by Crippen LogP contribution is -2.70. The molecular formula is C24H35N5O4. The fourth-order valence-corrected chi connectivity index (χ4v) is 5.33. The molecule has 180 valence electrons. The van der Waals surface area contributed by atoms with Gasteiger partial charge in [-0.2, -0.15) is 0 Å². The molecule has 0 bridgehead atoms. The van der Waals surface area contributed by atoms with Crippen LogP contribution in [0.1, 0.15) is 44.5 Å². The minimum atomic E-state index is -0.476. The second-order valence-electron chi connectivity index (χ2n) is 9.50. The van der Waals surface area contributed by atoms with Crippen molar-refractivity contribution >= 4 is 23.0 Å². The van der Waals surface area contributed by atoms with E-state index in [1.165, 1.54) is 0 Å². The first kappa shape index (κ1) is 23.2. The number of ether oxygens (including phenoxy) is 1. The Balaban J connectivity index is 1.82. The molecule has 4 amide bonds. The second kappa shape index (κ2) is 8.78. The van der Waals surface area contributed by atoms with Gasteiger partial charge in [-0.3, -0.25) is 0 Å². The molecule has 9 nitrogen and oxygen atoms in total. The van der Waals surface area contributed by atoms with Gasteiger partial charge in [0.25, 0.3) is 0 Å². The largest absolute Gasteiger partial charge is 0.497 e. The highest BCUT2D eigenvalue weighted by Gasteiger charge is 2.55. The topological polar surface area (TPSA) is 99.1 Å². The summed E-state index contributed by atoms with van der Waals surface area (Å²) in [4.78, 5) is 29.3. The van der Waals surface area contributed by atoms with E-state index in [0.717, 1.165) is 34.3 Å². The van der Waals surface area contributed by atoms with Crippen LogP contribution in [0, 0.1) is 0 Å². The summed E-state index contributed by atoms with van der Waals surface area (Å²) >= 11 is 0. The first-order chi connectivity index (χ1) is 15.8. The summed E-state index contributed by atoms with van der Waals surface area (Å²) in [6, 6.07) is 5.19. The van der Waals surface area contributed by atoms with Crippen molar-refractivity contribution in [3.05, 3.63) is 29.5 Å². The molecule has 2 aromatic rings. The lowest BCUT2D eigenvalue weighted by Gasteiger charge is -2.56. The molecule has 0 radical (unpaired) electrons. The Hall–Kier alpha value is -2.94. The number of aliphatic hydroxyl groups excluding tert-OH is 1. The van der Waals surface area contributed by atoms with Crippen LogP contribution in [0.4, 0.5) is 9.59 Å². The van der Waals surface area contributed by atoms with Crippen molar-refractivity contribution in [3.8, 4) is 5.75 Å². The SMILES string of the molecule is CCCNC(=O)N1CC2(C1)CN(C(=O)NC(C)C)[C@H](CO)c1c2c2ccc(OC)cc2n1C. The number of rotatable bonds is 5. The van der Waals surface area contributed by atoms with Gasteiger partial charge in [-0.05, 0) is 38.0 Å². The Morgan fingerprint density at radius 1 is 1.24 bits per heavy atom. The average Bonchev–Trinajstić information content (AvgIpc) is 3.06. The van der Waals surface area contributed by atoms with Crippen LogP contribution in [0.15, 0.2) is 18.2 Å². The Kier molecular flexibility index (Phi) is 6.18. The number of carbonyl (C=O) groups is 2. The number of benzene rings is 1. The third-order valence-corrected chi connectivity index (χ3v) is 6.79. The number of aromatic nitrogens is 1. The van der Waals surface area contributed by atoms with Crippen LogP contribution >= 0.6 is 0 Å². The van der Waals surface area contributed by atoms with Crippen molar-refractivity contribution in [2.45, 2.75) is 44.7 Å². The predicted molar refractivity (Wildman–Crippen MR) is 127 cm³/mol. The number of nitrogens with zero attached hydrogens (tertiary/aromatic N) is 3. The number of hydrogen-bond donors (Lipinski definition) is 3. The second-order valence-corrected chi connectivity index (χ2v) is 9.50. The van der Waals surface area contributed by atoms with Gasteiger partial charge in [0.05, 0.1) is 30.7 Å². The summed E-state index contributed by atoms with van der Waals surface area (Å²) in [5.74, 6) is 0.749. The molecule has 4 rings (SSSR count). The smallest absolute Gasteiger partial charge is 0.318 e. The van der Waals surface area contributed by atoms with E-state index in [-0.39, 0.29) is 24.7 Å². The van der Waals surface area contributed by atoms with Gasteiger partial charge in [0.15, 0.2) is 0 Å². The van der Waals surface area contributed by atoms with Crippen molar-refractivity contribution in [1.82, 2.24) is 25.0 Å². The van der Waals surface area contributed by atoms with Crippen molar-refractivity contribution in [1.29, 1.82) is 0 Å². The highest BCUT2D eigenvalue weighted by atomic mass is 16.5. The summed E-state index contributed by atoms with van der Waals surface area (Å²) in [6.45, 7) is 7.79.